The number of hydrogen-bond acceptors (Lipinski definition) is 6. The number of nitrogens with zero attached hydrogens (tertiary/aromatic N) is 5. The van der Waals surface area contributed by atoms with E-state index in [-0.39, 0.29) is 36.4 Å². The summed E-state index contributed by atoms with van der Waals surface area (Å²) in [5.41, 5.74) is 0.320. The molecule has 1 aliphatic rings. The van der Waals surface area contributed by atoms with Crippen LogP contribution in [0.25, 0.3) is 0 Å². The molecule has 3 rings (SSSR count). The molecule has 0 aromatic carbocycles. The number of aromatic nitrogens is 3. The third-order valence-electron chi connectivity index (χ3n) is 5.66. The minimum Gasteiger partial charge on any atom is -0.352 e. The van der Waals surface area contributed by atoms with Crippen molar-refractivity contribution in [2.75, 3.05) is 0 Å². The van der Waals surface area contributed by atoms with E-state index >= 15 is 0 Å². The Bertz CT molecular complexity index is 1140. The molecule has 1 unspecified atom stereocenters. The molecule has 0 spiro atoms. The quantitative estimate of drug-likeness (QED) is 0.467. The summed E-state index contributed by atoms with van der Waals surface area (Å²) >= 11 is 0. The largest absolute Gasteiger partial charge is 0.352 e. The molecular formula is C24H31N7O3. The molecule has 3 heterocycles. The normalized spacial score (nSPS) is 14.4. The third-order valence-corrected chi connectivity index (χ3v) is 5.66. The van der Waals surface area contributed by atoms with Crippen LogP contribution < -0.4 is 10.9 Å². The molecule has 2 aromatic heterocycles. The zero-order valence-corrected chi connectivity index (χ0v) is 19.8. The van der Waals surface area contributed by atoms with Crippen LogP contribution in [0.5, 0.6) is 0 Å². The van der Waals surface area contributed by atoms with E-state index in [1.54, 1.807) is 18.6 Å². The van der Waals surface area contributed by atoms with E-state index in [0.717, 1.165) is 0 Å². The van der Waals surface area contributed by atoms with Gasteiger partial charge >= 0.3 is 0 Å². The van der Waals surface area contributed by atoms with Gasteiger partial charge in [0, 0.05) is 57.1 Å². The van der Waals surface area contributed by atoms with Crippen LogP contribution in [0, 0.1) is 12.3 Å². The van der Waals surface area contributed by atoms with Crippen molar-refractivity contribution in [2.45, 2.75) is 77.3 Å². The molecule has 0 radical (unpaired) electrons. The fourth-order valence-corrected chi connectivity index (χ4v) is 3.85. The number of imidazole rings is 1. The summed E-state index contributed by atoms with van der Waals surface area (Å²) in [6, 6.07) is 2.09. The molecule has 2 N–H and O–H groups in total. The van der Waals surface area contributed by atoms with E-state index in [9.17, 15) is 14.4 Å². The molecule has 10 nitrogen and oxygen atoms in total. The second kappa shape index (κ2) is 10.9. The van der Waals surface area contributed by atoms with Crippen molar-refractivity contribution in [2.24, 2.45) is 10.2 Å². The van der Waals surface area contributed by atoms with Gasteiger partial charge in [0.25, 0.3) is 0 Å². The molecule has 1 aliphatic heterocycles. The van der Waals surface area contributed by atoms with Crippen LogP contribution in [-0.2, 0) is 22.7 Å². The van der Waals surface area contributed by atoms with Gasteiger partial charge in [0.2, 0.25) is 17.4 Å². The van der Waals surface area contributed by atoms with Crippen molar-refractivity contribution in [1.29, 1.82) is 0 Å². The Labute approximate surface area is 198 Å². The van der Waals surface area contributed by atoms with Crippen LogP contribution in [0.1, 0.15) is 63.8 Å². The average molecular weight is 466 g/mol. The minimum atomic E-state index is -0.925. The van der Waals surface area contributed by atoms with Crippen molar-refractivity contribution in [3.05, 3.63) is 52.5 Å². The van der Waals surface area contributed by atoms with Gasteiger partial charge in [-0.2, -0.15) is 10.2 Å². The zero-order valence-electron chi connectivity index (χ0n) is 19.8. The number of pyridine rings is 1. The van der Waals surface area contributed by atoms with Crippen molar-refractivity contribution in [1.82, 2.24) is 24.8 Å². The highest BCUT2D eigenvalue weighted by molar-refractivity contribution is 5.88. The molecular weight excluding hydrogens is 434 g/mol. The monoisotopic (exact) mass is 465 g/mol. The van der Waals surface area contributed by atoms with E-state index in [4.69, 9.17) is 6.42 Å². The lowest BCUT2D eigenvalue weighted by molar-refractivity contribution is -0.142. The molecule has 0 fully saturated rings. The summed E-state index contributed by atoms with van der Waals surface area (Å²) < 4.78 is 1.84. The lowest BCUT2D eigenvalue weighted by Crippen LogP contribution is -2.46. The Kier molecular flexibility index (Phi) is 7.99. The molecule has 180 valence electrons. The fourth-order valence-electron chi connectivity index (χ4n) is 3.85. The van der Waals surface area contributed by atoms with Gasteiger partial charge in [0.05, 0.1) is 18.2 Å². The zero-order chi connectivity index (χ0) is 24.7. The number of hydrogen-bond donors (Lipinski definition) is 2. The Morgan fingerprint density at radius 1 is 1.32 bits per heavy atom. The van der Waals surface area contributed by atoms with Crippen molar-refractivity contribution < 1.29 is 9.59 Å². The van der Waals surface area contributed by atoms with Crippen LogP contribution >= 0.6 is 0 Å². The number of carbonyl (C=O) groups excluding carboxylic acids is 2. The van der Waals surface area contributed by atoms with E-state index in [2.05, 4.69) is 31.4 Å². The molecule has 2 amide bonds. The summed E-state index contributed by atoms with van der Waals surface area (Å²) in [6.45, 7) is 6.33. The van der Waals surface area contributed by atoms with Crippen LogP contribution in [0.3, 0.4) is 0 Å². The molecule has 0 saturated carbocycles. The Morgan fingerprint density at radius 2 is 2.09 bits per heavy atom. The highest BCUT2D eigenvalue weighted by atomic mass is 16.2. The lowest BCUT2D eigenvalue weighted by Gasteiger charge is -2.32. The average Bonchev–Trinajstić information content (AvgIpc) is 3.42. The van der Waals surface area contributed by atoms with Crippen LogP contribution in [-0.4, -0.2) is 43.0 Å². The van der Waals surface area contributed by atoms with Crippen LogP contribution in [0.15, 0.2) is 45.9 Å². The Hall–Kier alpha value is -3.74. The maximum absolute atomic E-state index is 13.6. The standard InChI is InChI=1S/C24H31N7O3/c1-5-7-10-24(28-29-24)11-8-21(33)31(15-18-9-12-26-20(32)13-18)22(23(34)27-17(3)4)19-14-25-16-30(19)6-2/h1,9,12-14,16-17,22H,6-8,10-11,15H2,2-4H3,(H,26,32)(H,27,34). The number of aromatic amines is 1. The van der Waals surface area contributed by atoms with Gasteiger partial charge in [-0.1, -0.05) is 0 Å². The summed E-state index contributed by atoms with van der Waals surface area (Å²) in [5, 5.41) is 11.2. The fraction of sp³-hybridized carbons (Fsp3) is 0.500. The van der Waals surface area contributed by atoms with Crippen molar-refractivity contribution in [3.8, 4) is 12.3 Å². The molecule has 10 heteroatoms. The second-order valence-corrected chi connectivity index (χ2v) is 8.64. The van der Waals surface area contributed by atoms with Crippen LogP contribution in [0.2, 0.25) is 0 Å². The first kappa shape index (κ1) is 24.9. The minimum absolute atomic E-state index is 0.0828. The van der Waals surface area contributed by atoms with E-state index < -0.39 is 11.7 Å². The SMILES string of the molecule is C#CCCC1(CCC(=O)N(Cc2cc[nH]c(=O)c2)C(C(=O)NC(C)C)c2cncn2CC)N=N1. The van der Waals surface area contributed by atoms with Crippen LogP contribution in [0.4, 0.5) is 0 Å². The smallest absolute Gasteiger partial charge is 0.249 e. The van der Waals surface area contributed by atoms with Gasteiger partial charge in [-0.25, -0.2) is 4.98 Å². The summed E-state index contributed by atoms with van der Waals surface area (Å²) in [5.74, 6) is 2.03. The summed E-state index contributed by atoms with van der Waals surface area (Å²) in [7, 11) is 0. The van der Waals surface area contributed by atoms with Gasteiger partial charge in [-0.05, 0) is 32.4 Å². The third kappa shape index (κ3) is 6.19. The molecule has 0 saturated heterocycles. The topological polar surface area (TPSA) is 125 Å². The van der Waals surface area contributed by atoms with E-state index in [1.165, 1.54) is 17.2 Å². The number of H-pyrrole nitrogens is 1. The van der Waals surface area contributed by atoms with Gasteiger partial charge in [0.15, 0.2) is 11.7 Å². The van der Waals surface area contributed by atoms with Gasteiger partial charge in [-0.3, -0.25) is 14.4 Å². The molecule has 0 aliphatic carbocycles. The summed E-state index contributed by atoms with van der Waals surface area (Å²) in [4.78, 5) is 47.2. The maximum atomic E-state index is 13.6. The number of nitrogens with one attached hydrogen (secondary N) is 2. The highest BCUT2D eigenvalue weighted by Crippen LogP contribution is 2.38. The number of aryl methyl sites for hydroxylation is 1. The number of terminal acetylenes is 1. The number of rotatable bonds is 12. The first-order valence-corrected chi connectivity index (χ1v) is 11.4. The first-order valence-electron chi connectivity index (χ1n) is 11.4. The molecule has 0 bridgehead atoms. The second-order valence-electron chi connectivity index (χ2n) is 8.64. The predicted molar refractivity (Wildman–Crippen MR) is 126 cm³/mol. The maximum Gasteiger partial charge on any atom is 0.249 e. The molecule has 2 aromatic rings. The van der Waals surface area contributed by atoms with Gasteiger partial charge < -0.3 is 19.8 Å². The van der Waals surface area contributed by atoms with Crippen molar-refractivity contribution >= 4 is 11.8 Å². The molecule has 34 heavy (non-hydrogen) atoms. The number of carbonyl (C=O) groups is 2. The number of amides is 2. The Morgan fingerprint density at radius 3 is 2.71 bits per heavy atom. The van der Waals surface area contributed by atoms with Gasteiger partial charge in [0.1, 0.15) is 0 Å². The predicted octanol–water partition coefficient (Wildman–Crippen LogP) is 2.54. The Balaban J connectivity index is 1.94. The lowest BCUT2D eigenvalue weighted by atomic mass is 10.0. The summed E-state index contributed by atoms with van der Waals surface area (Å²) in [6.07, 6.45) is 11.8. The highest BCUT2D eigenvalue weighted by Gasteiger charge is 2.41. The van der Waals surface area contributed by atoms with E-state index in [1.807, 2.05) is 25.3 Å². The first-order chi connectivity index (χ1) is 16.3. The van der Waals surface area contributed by atoms with E-state index in [0.29, 0.717) is 37.1 Å². The molecule has 1 atom stereocenters. The van der Waals surface area contributed by atoms with Gasteiger partial charge in [-0.15, -0.1) is 12.3 Å². The van der Waals surface area contributed by atoms with Crippen molar-refractivity contribution in [3.63, 3.8) is 0 Å².